The Bertz CT molecular complexity index is 335. The highest BCUT2D eigenvalue weighted by Crippen LogP contribution is 2.02. The summed E-state index contributed by atoms with van der Waals surface area (Å²) in [5.74, 6) is 0.125. The van der Waals surface area contributed by atoms with Gasteiger partial charge >= 0.3 is 0 Å². The van der Waals surface area contributed by atoms with E-state index in [0.717, 1.165) is 13.1 Å². The lowest BCUT2D eigenvalue weighted by molar-refractivity contribution is -0.121. The summed E-state index contributed by atoms with van der Waals surface area (Å²) in [4.78, 5) is 13.6. The van der Waals surface area contributed by atoms with E-state index in [1.54, 1.807) is 0 Å². The van der Waals surface area contributed by atoms with Crippen LogP contribution in [0.3, 0.4) is 0 Å². The van der Waals surface area contributed by atoms with Gasteiger partial charge in [0.2, 0.25) is 5.91 Å². The minimum absolute atomic E-state index is 0.125. The van der Waals surface area contributed by atoms with Crippen LogP contribution < -0.4 is 5.32 Å². The molecule has 0 aliphatic carbocycles. The van der Waals surface area contributed by atoms with Crippen molar-refractivity contribution in [2.24, 2.45) is 0 Å². The van der Waals surface area contributed by atoms with E-state index in [9.17, 15) is 4.79 Å². The second-order valence-corrected chi connectivity index (χ2v) is 4.70. The molecule has 0 aliphatic heterocycles. The molecule has 94 valence electrons. The van der Waals surface area contributed by atoms with Gasteiger partial charge in [0.15, 0.2) is 0 Å². The highest BCUT2D eigenvalue weighted by molar-refractivity contribution is 5.76. The number of amides is 1. The van der Waals surface area contributed by atoms with Crippen molar-refractivity contribution in [2.75, 3.05) is 13.6 Å². The lowest BCUT2D eigenvalue weighted by atomic mass is 10.2. The van der Waals surface area contributed by atoms with E-state index in [0.29, 0.717) is 6.42 Å². The summed E-state index contributed by atoms with van der Waals surface area (Å²) in [6.07, 6.45) is 0.557. The molecule has 1 aromatic carbocycles. The van der Waals surface area contributed by atoms with E-state index < -0.39 is 0 Å². The molecule has 1 amide bonds. The van der Waals surface area contributed by atoms with E-state index >= 15 is 0 Å². The molecule has 0 saturated carbocycles. The Balaban J connectivity index is 2.26. The van der Waals surface area contributed by atoms with Crippen molar-refractivity contribution >= 4 is 5.91 Å². The molecule has 1 rings (SSSR count). The first-order chi connectivity index (χ1) is 8.08. The average molecular weight is 234 g/mol. The third-order valence-corrected chi connectivity index (χ3v) is 2.47. The van der Waals surface area contributed by atoms with E-state index in [-0.39, 0.29) is 11.9 Å². The fourth-order valence-corrected chi connectivity index (χ4v) is 1.66. The zero-order valence-electron chi connectivity index (χ0n) is 10.9. The van der Waals surface area contributed by atoms with Gasteiger partial charge in [0.1, 0.15) is 0 Å². The third-order valence-electron chi connectivity index (χ3n) is 2.47. The summed E-state index contributed by atoms with van der Waals surface area (Å²) in [6, 6.07) is 10.5. The molecule has 0 aliphatic rings. The Hall–Kier alpha value is -1.35. The predicted molar refractivity (Wildman–Crippen MR) is 70.7 cm³/mol. The molecular weight excluding hydrogens is 212 g/mol. The van der Waals surface area contributed by atoms with Crippen molar-refractivity contribution in [3.05, 3.63) is 35.9 Å². The Morgan fingerprint density at radius 2 is 1.94 bits per heavy atom. The topological polar surface area (TPSA) is 32.3 Å². The molecule has 3 heteroatoms. The summed E-state index contributed by atoms with van der Waals surface area (Å²) in [7, 11) is 2.04. The number of hydrogen-bond donors (Lipinski definition) is 1. The summed E-state index contributed by atoms with van der Waals surface area (Å²) in [6.45, 7) is 5.63. The van der Waals surface area contributed by atoms with Gasteiger partial charge < -0.3 is 10.2 Å². The number of benzene rings is 1. The SMILES string of the molecule is CC(C)NC(=O)CCN(C)Cc1ccccc1. The molecule has 0 bridgehead atoms. The molecule has 0 atom stereocenters. The van der Waals surface area contributed by atoms with Crippen LogP contribution in [-0.4, -0.2) is 30.4 Å². The van der Waals surface area contributed by atoms with Gasteiger partial charge in [-0.25, -0.2) is 0 Å². The number of carbonyl (C=O) groups excluding carboxylic acids is 1. The van der Waals surface area contributed by atoms with Crippen molar-refractivity contribution in [3.63, 3.8) is 0 Å². The van der Waals surface area contributed by atoms with Crippen molar-refractivity contribution in [2.45, 2.75) is 32.9 Å². The Morgan fingerprint density at radius 1 is 1.29 bits per heavy atom. The number of nitrogens with one attached hydrogen (secondary N) is 1. The van der Waals surface area contributed by atoms with Crippen LogP contribution in [0.4, 0.5) is 0 Å². The molecule has 0 saturated heterocycles. The highest BCUT2D eigenvalue weighted by atomic mass is 16.1. The lowest BCUT2D eigenvalue weighted by Gasteiger charge is -2.17. The quantitative estimate of drug-likeness (QED) is 0.817. The largest absolute Gasteiger partial charge is 0.354 e. The van der Waals surface area contributed by atoms with Crippen LogP contribution in [0.1, 0.15) is 25.8 Å². The monoisotopic (exact) mass is 234 g/mol. The number of rotatable bonds is 6. The van der Waals surface area contributed by atoms with E-state index in [1.165, 1.54) is 5.56 Å². The fraction of sp³-hybridized carbons (Fsp3) is 0.500. The first-order valence-corrected chi connectivity index (χ1v) is 6.09. The van der Waals surface area contributed by atoms with Crippen LogP contribution in [0.2, 0.25) is 0 Å². The van der Waals surface area contributed by atoms with Gasteiger partial charge in [0, 0.05) is 25.6 Å². The van der Waals surface area contributed by atoms with Gasteiger partial charge in [0.25, 0.3) is 0 Å². The molecule has 0 unspecified atom stereocenters. The molecule has 0 fully saturated rings. The van der Waals surface area contributed by atoms with Gasteiger partial charge in [-0.1, -0.05) is 30.3 Å². The normalized spacial score (nSPS) is 10.9. The van der Waals surface area contributed by atoms with Gasteiger partial charge in [-0.2, -0.15) is 0 Å². The second kappa shape index (κ2) is 7.07. The van der Waals surface area contributed by atoms with Gasteiger partial charge in [-0.3, -0.25) is 4.79 Å². The summed E-state index contributed by atoms with van der Waals surface area (Å²) < 4.78 is 0. The fourth-order valence-electron chi connectivity index (χ4n) is 1.66. The molecular formula is C14H22N2O. The van der Waals surface area contributed by atoms with Gasteiger partial charge in [0.05, 0.1) is 0 Å². The molecule has 0 spiro atoms. The van der Waals surface area contributed by atoms with Crippen LogP contribution in [0, 0.1) is 0 Å². The summed E-state index contributed by atoms with van der Waals surface area (Å²) in [5.41, 5.74) is 1.28. The number of hydrogen-bond acceptors (Lipinski definition) is 2. The Kier molecular flexibility index (Phi) is 5.70. The summed E-state index contributed by atoms with van der Waals surface area (Å²) in [5, 5.41) is 2.90. The Labute approximate surface area is 104 Å². The zero-order valence-corrected chi connectivity index (χ0v) is 10.9. The van der Waals surface area contributed by atoms with Gasteiger partial charge in [-0.05, 0) is 26.5 Å². The standard InChI is InChI=1S/C14H22N2O/c1-12(2)15-14(17)9-10-16(3)11-13-7-5-4-6-8-13/h4-8,12H,9-11H2,1-3H3,(H,15,17). The molecule has 1 aromatic rings. The lowest BCUT2D eigenvalue weighted by Crippen LogP contribution is -2.33. The van der Waals surface area contributed by atoms with Crippen molar-refractivity contribution in [1.29, 1.82) is 0 Å². The van der Waals surface area contributed by atoms with Crippen molar-refractivity contribution in [3.8, 4) is 0 Å². The first-order valence-electron chi connectivity index (χ1n) is 6.09. The van der Waals surface area contributed by atoms with Crippen LogP contribution in [0.15, 0.2) is 30.3 Å². The maximum Gasteiger partial charge on any atom is 0.221 e. The molecule has 1 N–H and O–H groups in total. The second-order valence-electron chi connectivity index (χ2n) is 4.70. The van der Waals surface area contributed by atoms with E-state index in [2.05, 4.69) is 22.3 Å². The van der Waals surface area contributed by atoms with Crippen molar-refractivity contribution in [1.82, 2.24) is 10.2 Å². The highest BCUT2D eigenvalue weighted by Gasteiger charge is 2.05. The van der Waals surface area contributed by atoms with Crippen LogP contribution in [-0.2, 0) is 11.3 Å². The van der Waals surface area contributed by atoms with Gasteiger partial charge in [-0.15, -0.1) is 0 Å². The van der Waals surface area contributed by atoms with Crippen molar-refractivity contribution < 1.29 is 4.79 Å². The molecule has 17 heavy (non-hydrogen) atoms. The molecule has 0 heterocycles. The molecule has 0 radical (unpaired) electrons. The van der Waals surface area contributed by atoms with E-state index in [1.807, 2.05) is 39.1 Å². The maximum absolute atomic E-state index is 11.5. The molecule has 3 nitrogen and oxygen atoms in total. The average Bonchev–Trinajstić information content (AvgIpc) is 2.27. The summed E-state index contributed by atoms with van der Waals surface area (Å²) >= 11 is 0. The minimum atomic E-state index is 0.125. The minimum Gasteiger partial charge on any atom is -0.354 e. The smallest absolute Gasteiger partial charge is 0.221 e. The zero-order chi connectivity index (χ0) is 12.7. The number of nitrogens with zero attached hydrogens (tertiary/aromatic N) is 1. The van der Waals surface area contributed by atoms with Crippen LogP contribution in [0.25, 0.3) is 0 Å². The molecule has 0 aromatic heterocycles. The van der Waals surface area contributed by atoms with E-state index in [4.69, 9.17) is 0 Å². The van der Waals surface area contributed by atoms with Crippen LogP contribution >= 0.6 is 0 Å². The van der Waals surface area contributed by atoms with Crippen LogP contribution in [0.5, 0.6) is 0 Å². The predicted octanol–water partition coefficient (Wildman–Crippen LogP) is 2.03. The first kappa shape index (κ1) is 13.7. The number of carbonyl (C=O) groups is 1. The maximum atomic E-state index is 11.5. The Morgan fingerprint density at radius 3 is 2.53 bits per heavy atom. The third kappa shape index (κ3) is 6.07.